The number of pyridine rings is 1. The average molecular weight is 244 g/mol. The number of nitrogen functional groups attached to an aromatic ring is 1. The third kappa shape index (κ3) is 2.14. The zero-order valence-electron chi connectivity index (χ0n) is 10.8. The minimum atomic E-state index is -0.357. The molecule has 2 aromatic rings. The Labute approximate surface area is 106 Å². The summed E-state index contributed by atoms with van der Waals surface area (Å²) >= 11 is 0. The maximum Gasteiger partial charge on any atom is 0.338 e. The van der Waals surface area contributed by atoms with Crippen molar-refractivity contribution in [3.8, 4) is 0 Å². The van der Waals surface area contributed by atoms with Crippen molar-refractivity contribution in [3.05, 3.63) is 35.0 Å². The number of nitrogens with two attached hydrogens (primary N) is 1. The quantitative estimate of drug-likeness (QED) is 0.651. The van der Waals surface area contributed by atoms with Crippen LogP contribution in [-0.4, -0.2) is 17.6 Å². The van der Waals surface area contributed by atoms with Gasteiger partial charge in [-0.05, 0) is 44.5 Å². The molecule has 0 radical (unpaired) electrons. The average Bonchev–Trinajstić information content (AvgIpc) is 2.32. The second-order valence-electron chi connectivity index (χ2n) is 4.25. The van der Waals surface area contributed by atoms with E-state index in [2.05, 4.69) is 4.98 Å². The fraction of sp³-hybridized carbons (Fsp3) is 0.286. The van der Waals surface area contributed by atoms with E-state index in [1.165, 1.54) is 0 Å². The van der Waals surface area contributed by atoms with Crippen LogP contribution in [0.3, 0.4) is 0 Å². The normalized spacial score (nSPS) is 10.6. The number of nitrogens with zero attached hydrogens (tertiary/aromatic N) is 1. The van der Waals surface area contributed by atoms with E-state index < -0.39 is 0 Å². The molecule has 18 heavy (non-hydrogen) atoms. The summed E-state index contributed by atoms with van der Waals surface area (Å²) in [5.41, 5.74) is 9.65. The molecule has 0 saturated heterocycles. The molecule has 1 aromatic carbocycles. The van der Waals surface area contributed by atoms with E-state index in [9.17, 15) is 4.79 Å². The highest BCUT2D eigenvalue weighted by molar-refractivity contribution is 5.99. The summed E-state index contributed by atoms with van der Waals surface area (Å²) in [5, 5.41) is 0.862. The van der Waals surface area contributed by atoms with Crippen LogP contribution in [0.25, 0.3) is 10.9 Å². The summed E-state index contributed by atoms with van der Waals surface area (Å²) in [4.78, 5) is 16.1. The summed E-state index contributed by atoms with van der Waals surface area (Å²) in [7, 11) is 0. The van der Waals surface area contributed by atoms with Crippen LogP contribution >= 0.6 is 0 Å². The first-order valence-corrected chi connectivity index (χ1v) is 5.87. The molecule has 4 heteroatoms. The second-order valence-corrected chi connectivity index (χ2v) is 4.25. The van der Waals surface area contributed by atoms with E-state index in [-0.39, 0.29) is 5.97 Å². The van der Waals surface area contributed by atoms with Gasteiger partial charge in [0.2, 0.25) is 0 Å². The van der Waals surface area contributed by atoms with Gasteiger partial charge < -0.3 is 10.5 Å². The van der Waals surface area contributed by atoms with E-state index in [1.807, 2.05) is 19.9 Å². The summed E-state index contributed by atoms with van der Waals surface area (Å²) in [6.45, 7) is 6.04. The van der Waals surface area contributed by atoms with Gasteiger partial charge in [-0.3, -0.25) is 4.98 Å². The number of fused-ring (bicyclic) bond motifs is 1. The topological polar surface area (TPSA) is 65.2 Å². The SMILES string of the molecule is CCOC(=O)c1cc(N)c2nc(C)c(C)cc2c1. The molecule has 0 spiro atoms. The van der Waals surface area contributed by atoms with Crippen molar-refractivity contribution in [2.24, 2.45) is 0 Å². The Bertz CT molecular complexity index is 621. The lowest BCUT2D eigenvalue weighted by molar-refractivity contribution is 0.0526. The first-order valence-electron chi connectivity index (χ1n) is 5.87. The Morgan fingerprint density at radius 1 is 1.33 bits per heavy atom. The monoisotopic (exact) mass is 244 g/mol. The molecule has 0 bridgehead atoms. The number of hydrogen-bond donors (Lipinski definition) is 1. The summed E-state index contributed by atoms with van der Waals surface area (Å²) < 4.78 is 4.97. The van der Waals surface area contributed by atoms with Crippen molar-refractivity contribution >= 4 is 22.6 Å². The Morgan fingerprint density at radius 2 is 2.06 bits per heavy atom. The molecule has 0 amide bonds. The zero-order chi connectivity index (χ0) is 13.3. The highest BCUT2D eigenvalue weighted by atomic mass is 16.5. The van der Waals surface area contributed by atoms with Crippen LogP contribution in [0.15, 0.2) is 18.2 Å². The van der Waals surface area contributed by atoms with Crippen molar-refractivity contribution < 1.29 is 9.53 Å². The van der Waals surface area contributed by atoms with Gasteiger partial charge in [-0.1, -0.05) is 0 Å². The predicted molar refractivity (Wildman–Crippen MR) is 71.6 cm³/mol. The second kappa shape index (κ2) is 4.64. The van der Waals surface area contributed by atoms with Crippen molar-refractivity contribution in [1.82, 2.24) is 4.98 Å². The van der Waals surface area contributed by atoms with Gasteiger partial charge in [0.05, 0.1) is 23.4 Å². The molecule has 1 heterocycles. The lowest BCUT2D eigenvalue weighted by Crippen LogP contribution is -2.06. The first kappa shape index (κ1) is 12.4. The van der Waals surface area contributed by atoms with Crippen LogP contribution in [0.4, 0.5) is 5.69 Å². The highest BCUT2D eigenvalue weighted by Gasteiger charge is 2.11. The van der Waals surface area contributed by atoms with E-state index >= 15 is 0 Å². The number of esters is 1. The highest BCUT2D eigenvalue weighted by Crippen LogP contribution is 2.24. The minimum absolute atomic E-state index is 0.349. The molecule has 0 unspecified atom stereocenters. The fourth-order valence-corrected chi connectivity index (χ4v) is 1.85. The first-order chi connectivity index (χ1) is 8.52. The molecule has 1 aromatic heterocycles. The number of benzene rings is 1. The van der Waals surface area contributed by atoms with Gasteiger partial charge in [0.25, 0.3) is 0 Å². The molecule has 0 aliphatic carbocycles. The number of aryl methyl sites for hydroxylation is 2. The molecule has 0 fully saturated rings. The Morgan fingerprint density at radius 3 is 2.72 bits per heavy atom. The number of anilines is 1. The Hall–Kier alpha value is -2.10. The largest absolute Gasteiger partial charge is 0.462 e. The standard InChI is InChI=1S/C14H16N2O2/c1-4-18-14(17)11-6-10-5-8(2)9(3)16-13(10)12(15)7-11/h5-7H,4,15H2,1-3H3. The van der Waals surface area contributed by atoms with Crippen LogP contribution in [0.1, 0.15) is 28.5 Å². The summed E-state index contributed by atoms with van der Waals surface area (Å²) in [5.74, 6) is -0.357. The molecular weight excluding hydrogens is 228 g/mol. The van der Waals surface area contributed by atoms with Crippen LogP contribution < -0.4 is 5.73 Å². The van der Waals surface area contributed by atoms with Gasteiger partial charge in [-0.15, -0.1) is 0 Å². The summed E-state index contributed by atoms with van der Waals surface area (Å²) in [6.07, 6.45) is 0. The maximum atomic E-state index is 11.7. The smallest absolute Gasteiger partial charge is 0.338 e. The molecule has 2 rings (SSSR count). The van der Waals surface area contributed by atoms with E-state index in [1.54, 1.807) is 19.1 Å². The molecule has 94 valence electrons. The predicted octanol–water partition coefficient (Wildman–Crippen LogP) is 2.61. The maximum absolute atomic E-state index is 11.7. The third-order valence-electron chi connectivity index (χ3n) is 2.90. The fourth-order valence-electron chi connectivity index (χ4n) is 1.85. The minimum Gasteiger partial charge on any atom is -0.462 e. The van der Waals surface area contributed by atoms with Crippen LogP contribution in [-0.2, 0) is 4.74 Å². The lowest BCUT2D eigenvalue weighted by Gasteiger charge is -2.08. The molecule has 4 nitrogen and oxygen atoms in total. The molecule has 0 aliphatic heterocycles. The van der Waals surface area contributed by atoms with Gasteiger partial charge in [-0.25, -0.2) is 4.79 Å². The van der Waals surface area contributed by atoms with Crippen molar-refractivity contribution in [2.45, 2.75) is 20.8 Å². The number of aromatic nitrogens is 1. The van der Waals surface area contributed by atoms with Crippen LogP contribution in [0, 0.1) is 13.8 Å². The number of carbonyl (C=O) groups excluding carboxylic acids is 1. The van der Waals surface area contributed by atoms with Crippen molar-refractivity contribution in [2.75, 3.05) is 12.3 Å². The number of ether oxygens (including phenoxy) is 1. The van der Waals surface area contributed by atoms with E-state index in [0.29, 0.717) is 17.9 Å². The van der Waals surface area contributed by atoms with Gasteiger partial charge in [-0.2, -0.15) is 0 Å². The molecular formula is C14H16N2O2. The molecule has 2 N–H and O–H groups in total. The van der Waals surface area contributed by atoms with Gasteiger partial charge >= 0.3 is 5.97 Å². The van der Waals surface area contributed by atoms with Crippen LogP contribution in [0.5, 0.6) is 0 Å². The van der Waals surface area contributed by atoms with Crippen molar-refractivity contribution in [1.29, 1.82) is 0 Å². The van der Waals surface area contributed by atoms with E-state index in [4.69, 9.17) is 10.5 Å². The number of carbonyl (C=O) groups is 1. The number of rotatable bonds is 2. The van der Waals surface area contributed by atoms with Gasteiger partial charge in [0.1, 0.15) is 0 Å². The molecule has 0 aliphatic rings. The van der Waals surface area contributed by atoms with Gasteiger partial charge in [0, 0.05) is 11.1 Å². The third-order valence-corrected chi connectivity index (χ3v) is 2.90. The van der Waals surface area contributed by atoms with E-state index in [0.717, 1.165) is 22.2 Å². The zero-order valence-corrected chi connectivity index (χ0v) is 10.8. The Kier molecular flexibility index (Phi) is 3.19. The molecule has 0 saturated carbocycles. The summed E-state index contributed by atoms with van der Waals surface area (Å²) in [6, 6.07) is 5.36. The van der Waals surface area contributed by atoms with Crippen molar-refractivity contribution in [3.63, 3.8) is 0 Å². The van der Waals surface area contributed by atoms with Crippen LogP contribution in [0.2, 0.25) is 0 Å². The van der Waals surface area contributed by atoms with Gasteiger partial charge in [0.15, 0.2) is 0 Å². The lowest BCUT2D eigenvalue weighted by atomic mass is 10.1. The molecule has 0 atom stereocenters. The Balaban J connectivity index is 2.61. The number of hydrogen-bond acceptors (Lipinski definition) is 4.